The minimum absolute atomic E-state index is 0.266. The van der Waals surface area contributed by atoms with Crippen LogP contribution in [-0.4, -0.2) is 12.1 Å². The van der Waals surface area contributed by atoms with Gasteiger partial charge in [0.15, 0.2) is 0 Å². The van der Waals surface area contributed by atoms with Crippen molar-refractivity contribution < 1.29 is 0 Å². The summed E-state index contributed by atoms with van der Waals surface area (Å²) in [7, 11) is 0. The van der Waals surface area contributed by atoms with E-state index in [0.29, 0.717) is 0 Å². The number of rotatable bonds is 2. The van der Waals surface area contributed by atoms with Crippen LogP contribution in [0.1, 0.15) is 25.8 Å². The van der Waals surface area contributed by atoms with Gasteiger partial charge in [0.1, 0.15) is 0 Å². The van der Waals surface area contributed by atoms with Crippen LogP contribution in [0, 0.1) is 5.92 Å². The van der Waals surface area contributed by atoms with Crippen LogP contribution in [0.4, 0.5) is 0 Å². The lowest BCUT2D eigenvalue weighted by molar-refractivity contribution is 0.332. The second-order valence-corrected chi connectivity index (χ2v) is 5.40. The van der Waals surface area contributed by atoms with Gasteiger partial charge in [0.2, 0.25) is 0 Å². The number of halogens is 1. The van der Waals surface area contributed by atoms with Gasteiger partial charge in [0.25, 0.3) is 0 Å². The molecule has 0 amide bonds. The minimum Gasteiger partial charge on any atom is -0.311 e. The smallest absolute Gasteiger partial charge is 0.0408 e. The van der Waals surface area contributed by atoms with Crippen molar-refractivity contribution in [1.29, 1.82) is 0 Å². The first-order valence-corrected chi connectivity index (χ1v) is 5.95. The molecule has 0 bridgehead atoms. The van der Waals surface area contributed by atoms with E-state index < -0.39 is 0 Å². The average Bonchev–Trinajstić information content (AvgIpc) is 2.46. The molecule has 1 N–H and O–H groups in total. The van der Waals surface area contributed by atoms with E-state index >= 15 is 0 Å². The van der Waals surface area contributed by atoms with Gasteiger partial charge in [-0.1, -0.05) is 23.7 Å². The molecule has 1 atom stereocenters. The Kier molecular flexibility index (Phi) is 3.03. The first-order valence-electron chi connectivity index (χ1n) is 5.57. The Bertz CT molecular complexity index is 346. The van der Waals surface area contributed by atoms with Crippen LogP contribution in [0.5, 0.6) is 0 Å². The summed E-state index contributed by atoms with van der Waals surface area (Å²) in [6, 6.07) is 8.21. The lowest BCUT2D eigenvalue weighted by atomic mass is 9.84. The molecule has 1 aromatic rings. The maximum absolute atomic E-state index is 5.99. The first kappa shape index (κ1) is 11.0. The largest absolute Gasteiger partial charge is 0.311 e. The highest BCUT2D eigenvalue weighted by atomic mass is 35.5. The van der Waals surface area contributed by atoms with Crippen LogP contribution >= 0.6 is 11.6 Å². The molecule has 0 saturated carbocycles. The van der Waals surface area contributed by atoms with Gasteiger partial charge in [-0.25, -0.2) is 0 Å². The molecule has 1 fully saturated rings. The summed E-state index contributed by atoms with van der Waals surface area (Å²) in [5, 5.41) is 4.39. The number of nitrogens with one attached hydrogen (secondary N) is 1. The van der Waals surface area contributed by atoms with Crippen molar-refractivity contribution in [2.75, 3.05) is 6.54 Å². The Morgan fingerprint density at radius 3 is 2.87 bits per heavy atom. The van der Waals surface area contributed by atoms with E-state index in [1.165, 1.54) is 12.0 Å². The van der Waals surface area contributed by atoms with E-state index in [1.807, 2.05) is 12.1 Å². The Morgan fingerprint density at radius 2 is 2.27 bits per heavy atom. The average molecular weight is 224 g/mol. The molecular formula is C13H18ClN. The second kappa shape index (κ2) is 4.15. The zero-order valence-electron chi connectivity index (χ0n) is 9.39. The molecule has 1 heterocycles. The fraction of sp³-hybridized carbons (Fsp3) is 0.538. The quantitative estimate of drug-likeness (QED) is 0.812. The molecule has 1 aromatic carbocycles. The highest BCUT2D eigenvalue weighted by molar-refractivity contribution is 6.30. The van der Waals surface area contributed by atoms with Crippen molar-refractivity contribution in [1.82, 2.24) is 5.32 Å². The molecule has 2 heteroatoms. The molecule has 1 aliphatic heterocycles. The van der Waals surface area contributed by atoms with Crippen molar-refractivity contribution in [3.8, 4) is 0 Å². The third-order valence-electron chi connectivity index (χ3n) is 3.47. The summed E-state index contributed by atoms with van der Waals surface area (Å²) in [5.74, 6) is 0.718. The van der Waals surface area contributed by atoms with Crippen LogP contribution in [0.2, 0.25) is 5.02 Å². The Labute approximate surface area is 96.8 Å². The Balaban J connectivity index is 2.09. The molecule has 1 aliphatic rings. The molecule has 15 heavy (non-hydrogen) atoms. The van der Waals surface area contributed by atoms with E-state index in [4.69, 9.17) is 11.6 Å². The van der Waals surface area contributed by atoms with E-state index in [0.717, 1.165) is 23.9 Å². The summed E-state index contributed by atoms with van der Waals surface area (Å²) in [6.45, 7) is 5.71. The molecule has 1 unspecified atom stereocenters. The van der Waals surface area contributed by atoms with Crippen LogP contribution < -0.4 is 5.32 Å². The lowest BCUT2D eigenvalue weighted by Crippen LogP contribution is -2.38. The number of benzene rings is 1. The van der Waals surface area contributed by atoms with Gasteiger partial charge in [0, 0.05) is 10.6 Å². The van der Waals surface area contributed by atoms with Crippen LogP contribution in [0.25, 0.3) is 0 Å². The zero-order chi connectivity index (χ0) is 10.9. The standard InChI is InChI=1S/C13H18ClN/c1-13(2)11(6-7-15-13)8-10-4-3-5-12(14)9-10/h3-5,9,11,15H,6-8H2,1-2H3. The molecule has 1 saturated heterocycles. The van der Waals surface area contributed by atoms with E-state index in [1.54, 1.807) is 0 Å². The lowest BCUT2D eigenvalue weighted by Gasteiger charge is -2.27. The van der Waals surface area contributed by atoms with Gasteiger partial charge in [-0.3, -0.25) is 0 Å². The SMILES string of the molecule is CC1(C)NCCC1Cc1cccc(Cl)c1. The summed E-state index contributed by atoms with van der Waals surface area (Å²) in [6.07, 6.45) is 2.39. The van der Waals surface area contributed by atoms with Gasteiger partial charge in [-0.2, -0.15) is 0 Å². The van der Waals surface area contributed by atoms with E-state index in [2.05, 4.69) is 31.3 Å². The molecule has 2 rings (SSSR count). The molecule has 0 aliphatic carbocycles. The highest BCUT2D eigenvalue weighted by Crippen LogP contribution is 2.29. The third kappa shape index (κ3) is 2.53. The molecule has 82 valence electrons. The van der Waals surface area contributed by atoms with Crippen molar-refractivity contribution in [2.45, 2.75) is 32.2 Å². The number of hydrogen-bond donors (Lipinski definition) is 1. The van der Waals surface area contributed by atoms with Gasteiger partial charge in [-0.15, -0.1) is 0 Å². The third-order valence-corrected chi connectivity index (χ3v) is 3.70. The second-order valence-electron chi connectivity index (χ2n) is 4.97. The maximum atomic E-state index is 5.99. The van der Waals surface area contributed by atoms with Gasteiger partial charge < -0.3 is 5.32 Å². The summed E-state index contributed by atoms with van der Waals surface area (Å²) in [5.41, 5.74) is 1.62. The fourth-order valence-electron chi connectivity index (χ4n) is 2.38. The molecular weight excluding hydrogens is 206 g/mol. The zero-order valence-corrected chi connectivity index (χ0v) is 10.1. The molecule has 0 aromatic heterocycles. The predicted molar refractivity (Wildman–Crippen MR) is 65.3 cm³/mol. The minimum atomic E-state index is 0.266. The van der Waals surface area contributed by atoms with Crippen molar-refractivity contribution in [2.24, 2.45) is 5.92 Å². The van der Waals surface area contributed by atoms with Crippen molar-refractivity contribution >= 4 is 11.6 Å². The van der Waals surface area contributed by atoms with Crippen LogP contribution in [0.3, 0.4) is 0 Å². The summed E-state index contributed by atoms with van der Waals surface area (Å²) < 4.78 is 0. The maximum Gasteiger partial charge on any atom is 0.0408 e. The molecule has 0 radical (unpaired) electrons. The Hall–Kier alpha value is -0.530. The van der Waals surface area contributed by atoms with Crippen molar-refractivity contribution in [3.05, 3.63) is 34.9 Å². The topological polar surface area (TPSA) is 12.0 Å². The van der Waals surface area contributed by atoms with Crippen LogP contribution in [-0.2, 0) is 6.42 Å². The van der Waals surface area contributed by atoms with E-state index in [-0.39, 0.29) is 5.54 Å². The highest BCUT2D eigenvalue weighted by Gasteiger charge is 2.33. The number of hydrogen-bond acceptors (Lipinski definition) is 1. The molecule has 0 spiro atoms. The Morgan fingerprint density at radius 1 is 1.47 bits per heavy atom. The van der Waals surface area contributed by atoms with Gasteiger partial charge >= 0.3 is 0 Å². The normalized spacial score (nSPS) is 24.3. The molecule has 1 nitrogen and oxygen atoms in total. The summed E-state index contributed by atoms with van der Waals surface area (Å²) >= 11 is 5.99. The van der Waals surface area contributed by atoms with Crippen molar-refractivity contribution in [3.63, 3.8) is 0 Å². The van der Waals surface area contributed by atoms with E-state index in [9.17, 15) is 0 Å². The summed E-state index contributed by atoms with van der Waals surface area (Å²) in [4.78, 5) is 0. The van der Waals surface area contributed by atoms with Crippen LogP contribution in [0.15, 0.2) is 24.3 Å². The van der Waals surface area contributed by atoms with Gasteiger partial charge in [-0.05, 0) is 56.8 Å². The van der Waals surface area contributed by atoms with Gasteiger partial charge in [0.05, 0.1) is 0 Å². The first-order chi connectivity index (χ1) is 7.08. The predicted octanol–water partition coefficient (Wildman–Crippen LogP) is 3.27. The fourth-order valence-corrected chi connectivity index (χ4v) is 2.59. The monoisotopic (exact) mass is 223 g/mol.